The van der Waals surface area contributed by atoms with E-state index in [0.29, 0.717) is 18.0 Å². The molecule has 2 N–H and O–H groups in total. The zero-order chi connectivity index (χ0) is 16.4. The summed E-state index contributed by atoms with van der Waals surface area (Å²) in [4.78, 5) is 20.4. The Morgan fingerprint density at radius 3 is 3.00 bits per heavy atom. The largest absolute Gasteiger partial charge is 0.467 e. The molecule has 2 atom stereocenters. The van der Waals surface area contributed by atoms with Crippen molar-refractivity contribution in [2.45, 2.75) is 32.4 Å². The molecule has 0 aliphatic carbocycles. The fourth-order valence-corrected chi connectivity index (χ4v) is 2.28. The average molecular weight is 315 g/mol. The molecule has 0 fully saturated rings. The molecule has 3 heterocycles. The van der Waals surface area contributed by atoms with Crippen molar-refractivity contribution in [2.75, 3.05) is 0 Å². The van der Waals surface area contributed by atoms with Gasteiger partial charge < -0.3 is 14.8 Å². The minimum atomic E-state index is -0.779. The summed E-state index contributed by atoms with van der Waals surface area (Å²) >= 11 is 0. The van der Waals surface area contributed by atoms with Crippen LogP contribution >= 0.6 is 0 Å². The molecule has 0 spiro atoms. The van der Waals surface area contributed by atoms with Crippen LogP contribution in [0.2, 0.25) is 0 Å². The number of carbonyl (C=O) groups is 1. The summed E-state index contributed by atoms with van der Waals surface area (Å²) in [5.74, 6) is 0.482. The van der Waals surface area contributed by atoms with Crippen molar-refractivity contribution in [2.24, 2.45) is 0 Å². The Bertz CT molecular complexity index is 812. The van der Waals surface area contributed by atoms with Crippen molar-refractivity contribution in [1.29, 1.82) is 0 Å². The third-order valence-electron chi connectivity index (χ3n) is 3.46. The summed E-state index contributed by atoms with van der Waals surface area (Å²) < 4.78 is 6.65. The molecule has 8 nitrogen and oxygen atoms in total. The fraction of sp³-hybridized carbons (Fsp3) is 0.333. The van der Waals surface area contributed by atoms with Gasteiger partial charge in [0.05, 0.1) is 6.26 Å². The molecular weight excluding hydrogens is 298 g/mol. The quantitative estimate of drug-likeness (QED) is 0.734. The SMILES string of the molecule is Cc1ccnc2nc(C(=O)NC(C)CC(O)c3ccco3)nn12. The predicted molar refractivity (Wildman–Crippen MR) is 80.7 cm³/mol. The number of fused-ring (bicyclic) bond motifs is 1. The number of amides is 1. The van der Waals surface area contributed by atoms with Gasteiger partial charge in [0.1, 0.15) is 11.9 Å². The van der Waals surface area contributed by atoms with Gasteiger partial charge in [-0.05, 0) is 32.0 Å². The predicted octanol–water partition coefficient (Wildman–Crippen LogP) is 1.27. The number of furan rings is 1. The maximum absolute atomic E-state index is 12.2. The Morgan fingerprint density at radius 2 is 2.30 bits per heavy atom. The van der Waals surface area contributed by atoms with Gasteiger partial charge in [0.25, 0.3) is 11.7 Å². The summed E-state index contributed by atoms with van der Waals surface area (Å²) in [7, 11) is 0. The molecule has 3 aromatic rings. The van der Waals surface area contributed by atoms with E-state index in [2.05, 4.69) is 20.4 Å². The van der Waals surface area contributed by atoms with Gasteiger partial charge in [-0.15, -0.1) is 5.10 Å². The number of aliphatic hydroxyl groups excluding tert-OH is 1. The van der Waals surface area contributed by atoms with Crippen LogP contribution in [0.25, 0.3) is 5.78 Å². The maximum Gasteiger partial charge on any atom is 0.291 e. The third kappa shape index (κ3) is 3.21. The average Bonchev–Trinajstić information content (AvgIpc) is 3.17. The number of aromatic nitrogens is 4. The Kier molecular flexibility index (Phi) is 4.07. The van der Waals surface area contributed by atoms with E-state index in [1.807, 2.05) is 6.92 Å². The van der Waals surface area contributed by atoms with Crippen LogP contribution in [0.1, 0.15) is 41.5 Å². The first-order valence-electron chi connectivity index (χ1n) is 7.25. The molecule has 0 saturated carbocycles. The number of hydrogen-bond donors (Lipinski definition) is 2. The summed E-state index contributed by atoms with van der Waals surface area (Å²) in [6, 6.07) is 4.91. The Morgan fingerprint density at radius 1 is 1.48 bits per heavy atom. The molecule has 0 radical (unpaired) electrons. The number of aryl methyl sites for hydroxylation is 1. The molecule has 23 heavy (non-hydrogen) atoms. The highest BCUT2D eigenvalue weighted by Crippen LogP contribution is 2.18. The van der Waals surface area contributed by atoms with E-state index in [1.54, 1.807) is 31.3 Å². The van der Waals surface area contributed by atoms with Gasteiger partial charge in [-0.3, -0.25) is 4.79 Å². The monoisotopic (exact) mass is 315 g/mol. The van der Waals surface area contributed by atoms with Crippen molar-refractivity contribution in [3.8, 4) is 0 Å². The first-order valence-corrected chi connectivity index (χ1v) is 7.25. The fourth-order valence-electron chi connectivity index (χ4n) is 2.28. The van der Waals surface area contributed by atoms with Gasteiger partial charge in [-0.1, -0.05) is 0 Å². The highest BCUT2D eigenvalue weighted by molar-refractivity contribution is 5.91. The number of nitrogens with zero attached hydrogens (tertiary/aromatic N) is 4. The van der Waals surface area contributed by atoms with E-state index in [0.717, 1.165) is 5.69 Å². The third-order valence-corrected chi connectivity index (χ3v) is 3.46. The Hall–Kier alpha value is -2.74. The van der Waals surface area contributed by atoms with Gasteiger partial charge in [0.15, 0.2) is 0 Å². The van der Waals surface area contributed by atoms with Crippen LogP contribution in [0.4, 0.5) is 0 Å². The Balaban J connectivity index is 1.66. The molecule has 0 aliphatic heterocycles. The molecule has 0 aliphatic rings. The van der Waals surface area contributed by atoms with E-state index in [9.17, 15) is 9.90 Å². The van der Waals surface area contributed by atoms with Gasteiger partial charge in [-0.25, -0.2) is 9.50 Å². The molecule has 0 aromatic carbocycles. The lowest BCUT2D eigenvalue weighted by atomic mass is 10.1. The second-order valence-corrected chi connectivity index (χ2v) is 5.37. The van der Waals surface area contributed by atoms with Crippen LogP contribution in [0.5, 0.6) is 0 Å². The highest BCUT2D eigenvalue weighted by Gasteiger charge is 2.20. The van der Waals surface area contributed by atoms with E-state index < -0.39 is 12.0 Å². The van der Waals surface area contributed by atoms with Crippen molar-refractivity contribution >= 4 is 11.7 Å². The second-order valence-electron chi connectivity index (χ2n) is 5.37. The maximum atomic E-state index is 12.2. The number of hydrogen-bond acceptors (Lipinski definition) is 6. The number of nitrogens with one attached hydrogen (secondary N) is 1. The van der Waals surface area contributed by atoms with Crippen molar-refractivity contribution in [1.82, 2.24) is 24.9 Å². The van der Waals surface area contributed by atoms with E-state index >= 15 is 0 Å². The van der Waals surface area contributed by atoms with Gasteiger partial charge >= 0.3 is 0 Å². The molecule has 120 valence electrons. The minimum absolute atomic E-state index is 0.0474. The van der Waals surface area contributed by atoms with Crippen LogP contribution in [0.3, 0.4) is 0 Å². The van der Waals surface area contributed by atoms with Crippen LogP contribution in [-0.4, -0.2) is 36.6 Å². The van der Waals surface area contributed by atoms with Crippen LogP contribution in [-0.2, 0) is 0 Å². The molecule has 3 aromatic heterocycles. The second kappa shape index (κ2) is 6.17. The zero-order valence-electron chi connectivity index (χ0n) is 12.8. The summed E-state index contributed by atoms with van der Waals surface area (Å²) in [6.07, 6.45) is 2.66. The van der Waals surface area contributed by atoms with Crippen molar-refractivity contribution in [3.05, 3.63) is 47.9 Å². The smallest absolute Gasteiger partial charge is 0.291 e. The van der Waals surface area contributed by atoms with Crippen LogP contribution in [0.15, 0.2) is 35.1 Å². The summed E-state index contributed by atoms with van der Waals surface area (Å²) in [5.41, 5.74) is 0.836. The van der Waals surface area contributed by atoms with E-state index in [1.165, 1.54) is 10.8 Å². The number of rotatable bonds is 5. The molecule has 1 amide bonds. The van der Waals surface area contributed by atoms with E-state index in [4.69, 9.17) is 4.42 Å². The first-order chi connectivity index (χ1) is 11.0. The highest BCUT2D eigenvalue weighted by atomic mass is 16.4. The molecule has 0 bridgehead atoms. The van der Waals surface area contributed by atoms with Gasteiger partial charge in [-0.2, -0.15) is 4.98 Å². The lowest BCUT2D eigenvalue weighted by molar-refractivity contribution is 0.0893. The molecule has 3 rings (SSSR count). The first kappa shape index (κ1) is 15.2. The summed E-state index contributed by atoms with van der Waals surface area (Å²) in [6.45, 7) is 3.65. The molecular formula is C15H17N5O3. The minimum Gasteiger partial charge on any atom is -0.467 e. The lowest BCUT2D eigenvalue weighted by Gasteiger charge is -2.15. The zero-order valence-corrected chi connectivity index (χ0v) is 12.8. The molecule has 2 unspecified atom stereocenters. The lowest BCUT2D eigenvalue weighted by Crippen LogP contribution is -2.34. The molecule has 8 heteroatoms. The van der Waals surface area contributed by atoms with Crippen molar-refractivity contribution in [3.63, 3.8) is 0 Å². The van der Waals surface area contributed by atoms with Crippen LogP contribution < -0.4 is 5.32 Å². The Labute approximate surface area is 132 Å². The van der Waals surface area contributed by atoms with Gasteiger partial charge in [0, 0.05) is 24.4 Å². The van der Waals surface area contributed by atoms with Crippen LogP contribution in [0, 0.1) is 6.92 Å². The normalized spacial score (nSPS) is 13.9. The topological polar surface area (TPSA) is 106 Å². The van der Waals surface area contributed by atoms with E-state index in [-0.39, 0.29) is 11.9 Å². The number of aliphatic hydroxyl groups is 1. The standard InChI is InChI=1S/C15H17N5O3/c1-9(8-11(21)12-4-3-7-23-12)17-14(22)13-18-15-16-6-5-10(2)20(15)19-13/h3-7,9,11,21H,8H2,1-2H3,(H,17,22). The summed E-state index contributed by atoms with van der Waals surface area (Å²) in [5, 5.41) is 16.9. The van der Waals surface area contributed by atoms with Crippen molar-refractivity contribution < 1.29 is 14.3 Å². The number of carbonyl (C=O) groups excluding carboxylic acids is 1. The molecule has 0 saturated heterocycles. The van der Waals surface area contributed by atoms with Gasteiger partial charge in [0.2, 0.25) is 5.82 Å².